The summed E-state index contributed by atoms with van der Waals surface area (Å²) in [6.07, 6.45) is 0. The molecule has 146 valence electrons. The van der Waals surface area contributed by atoms with Crippen LogP contribution in [0.2, 0.25) is 0 Å². The fourth-order valence-electron chi connectivity index (χ4n) is 2.58. The van der Waals surface area contributed by atoms with Crippen LogP contribution >= 0.6 is 0 Å². The first kappa shape index (κ1) is 21.0. The van der Waals surface area contributed by atoms with E-state index in [1.54, 1.807) is 36.4 Å². The van der Waals surface area contributed by atoms with E-state index in [1.807, 2.05) is 46.8 Å². The van der Waals surface area contributed by atoms with E-state index in [0.717, 1.165) is 11.1 Å². The minimum Gasteiger partial charge on any atom is -0.352 e. The Balaban J connectivity index is 2.43. The number of nitrogens with zero attached hydrogens (tertiary/aromatic N) is 1. The van der Waals surface area contributed by atoms with Gasteiger partial charge in [0.15, 0.2) is 0 Å². The lowest BCUT2D eigenvalue weighted by Gasteiger charge is -2.27. The van der Waals surface area contributed by atoms with Crippen LogP contribution in [-0.4, -0.2) is 26.9 Å². The summed E-state index contributed by atoms with van der Waals surface area (Å²) in [7, 11) is -3.87. The van der Waals surface area contributed by atoms with E-state index < -0.39 is 10.0 Å². The van der Waals surface area contributed by atoms with Crippen molar-refractivity contribution in [3.8, 4) is 0 Å². The first-order chi connectivity index (χ1) is 12.6. The quantitative estimate of drug-likeness (QED) is 0.787. The second-order valence-corrected chi connectivity index (χ2v) is 9.07. The lowest BCUT2D eigenvalue weighted by atomic mass is 10.1. The second kappa shape index (κ2) is 8.57. The van der Waals surface area contributed by atoms with Gasteiger partial charge in [-0.3, -0.25) is 9.10 Å². The maximum absolute atomic E-state index is 13.3. The number of nitrogens with one attached hydrogen (secondary N) is 1. The summed E-state index contributed by atoms with van der Waals surface area (Å²) in [5.74, 6) is -0.0651. The molecule has 0 aliphatic heterocycles. The third kappa shape index (κ3) is 5.10. The molecule has 1 N–H and O–H groups in total. The topological polar surface area (TPSA) is 66.5 Å². The Hall–Kier alpha value is -2.34. The minimum atomic E-state index is -3.87. The van der Waals surface area contributed by atoms with E-state index in [-0.39, 0.29) is 29.3 Å². The zero-order chi connectivity index (χ0) is 20.2. The molecular formula is C21H28N2O3S. The van der Waals surface area contributed by atoms with Gasteiger partial charge in [-0.2, -0.15) is 0 Å². The van der Waals surface area contributed by atoms with Gasteiger partial charge in [0.2, 0.25) is 5.91 Å². The number of carbonyl (C=O) groups excluding carboxylic acids is 1. The number of sulfonamides is 1. The minimum absolute atomic E-state index is 0.0432. The average Bonchev–Trinajstić information content (AvgIpc) is 2.60. The molecule has 2 rings (SSSR count). The molecule has 1 amide bonds. The van der Waals surface area contributed by atoms with E-state index in [9.17, 15) is 13.2 Å². The lowest BCUT2D eigenvalue weighted by Crippen LogP contribution is -2.45. The van der Waals surface area contributed by atoms with Crippen LogP contribution < -0.4 is 9.62 Å². The van der Waals surface area contributed by atoms with Gasteiger partial charge in [0.1, 0.15) is 6.54 Å². The summed E-state index contributed by atoms with van der Waals surface area (Å²) < 4.78 is 27.8. The number of carbonyl (C=O) groups is 1. The molecule has 0 unspecified atom stereocenters. The molecule has 0 saturated heterocycles. The monoisotopic (exact) mass is 388 g/mol. The van der Waals surface area contributed by atoms with Crippen molar-refractivity contribution < 1.29 is 13.2 Å². The third-order valence-corrected chi connectivity index (χ3v) is 6.44. The summed E-state index contributed by atoms with van der Waals surface area (Å²) in [6, 6.07) is 13.8. The number of anilines is 1. The van der Waals surface area contributed by atoms with E-state index >= 15 is 0 Å². The van der Waals surface area contributed by atoms with E-state index in [1.165, 1.54) is 4.31 Å². The van der Waals surface area contributed by atoms with Gasteiger partial charge in [-0.05, 0) is 50.5 Å². The molecule has 6 heteroatoms. The van der Waals surface area contributed by atoms with Crippen molar-refractivity contribution in [2.24, 2.45) is 5.92 Å². The van der Waals surface area contributed by atoms with Crippen molar-refractivity contribution in [3.63, 3.8) is 0 Å². The van der Waals surface area contributed by atoms with Crippen molar-refractivity contribution in [3.05, 3.63) is 59.7 Å². The van der Waals surface area contributed by atoms with Crippen molar-refractivity contribution in [1.29, 1.82) is 0 Å². The highest BCUT2D eigenvalue weighted by molar-refractivity contribution is 7.92. The zero-order valence-electron chi connectivity index (χ0n) is 16.6. The SMILES string of the molecule is Cc1ccc(S(=O)(=O)N(CC(=O)N[C@H](C)C(C)C)c2ccccc2C)cc1. The predicted molar refractivity (Wildman–Crippen MR) is 109 cm³/mol. The molecule has 5 nitrogen and oxygen atoms in total. The Morgan fingerprint density at radius 3 is 2.15 bits per heavy atom. The van der Waals surface area contributed by atoms with Gasteiger partial charge in [-0.25, -0.2) is 8.42 Å². The van der Waals surface area contributed by atoms with Gasteiger partial charge in [-0.15, -0.1) is 0 Å². The molecule has 0 aliphatic carbocycles. The molecule has 2 aromatic rings. The van der Waals surface area contributed by atoms with Crippen molar-refractivity contribution in [2.45, 2.75) is 45.6 Å². The third-order valence-electron chi connectivity index (χ3n) is 4.67. The largest absolute Gasteiger partial charge is 0.352 e. The van der Waals surface area contributed by atoms with Crippen LogP contribution in [-0.2, 0) is 14.8 Å². The maximum Gasteiger partial charge on any atom is 0.264 e. The molecule has 0 bridgehead atoms. The van der Waals surface area contributed by atoms with Gasteiger partial charge in [0, 0.05) is 6.04 Å². The molecule has 0 aromatic heterocycles. The standard InChI is InChI=1S/C21H28N2O3S/c1-15(2)18(5)22-21(24)14-23(20-9-7-6-8-17(20)4)27(25,26)19-12-10-16(3)11-13-19/h6-13,15,18H,14H2,1-5H3,(H,22,24)/t18-/m1/s1. The van der Waals surface area contributed by atoms with Crippen molar-refractivity contribution in [1.82, 2.24) is 5.32 Å². The molecule has 0 aliphatic rings. The summed E-state index contributed by atoms with van der Waals surface area (Å²) >= 11 is 0. The van der Waals surface area contributed by atoms with Gasteiger partial charge >= 0.3 is 0 Å². The Bertz CT molecular complexity index is 890. The van der Waals surface area contributed by atoms with Crippen LogP contribution in [0.15, 0.2) is 53.4 Å². The van der Waals surface area contributed by atoms with E-state index in [0.29, 0.717) is 5.69 Å². The van der Waals surface area contributed by atoms with Crippen molar-refractivity contribution >= 4 is 21.6 Å². The van der Waals surface area contributed by atoms with Crippen molar-refractivity contribution in [2.75, 3.05) is 10.8 Å². The number of benzene rings is 2. The Morgan fingerprint density at radius 1 is 1.00 bits per heavy atom. The maximum atomic E-state index is 13.3. The molecule has 2 aromatic carbocycles. The molecule has 1 atom stereocenters. The first-order valence-electron chi connectivity index (χ1n) is 9.07. The molecular weight excluding hydrogens is 360 g/mol. The summed E-state index contributed by atoms with van der Waals surface area (Å²) in [4.78, 5) is 12.7. The molecule has 0 fully saturated rings. The first-order valence-corrected chi connectivity index (χ1v) is 10.5. The second-order valence-electron chi connectivity index (χ2n) is 7.21. The number of rotatable bonds is 7. The highest BCUT2D eigenvalue weighted by Crippen LogP contribution is 2.26. The predicted octanol–water partition coefficient (Wildman–Crippen LogP) is 3.66. The number of amides is 1. The number of para-hydroxylation sites is 1. The number of hydrogen-bond acceptors (Lipinski definition) is 3. The molecule has 0 spiro atoms. The zero-order valence-corrected chi connectivity index (χ0v) is 17.4. The fraction of sp³-hybridized carbons (Fsp3) is 0.381. The van der Waals surface area contributed by atoms with Gasteiger partial charge < -0.3 is 5.32 Å². The summed E-state index contributed by atoms with van der Waals surface area (Å²) in [5.41, 5.74) is 2.27. The molecule has 0 heterocycles. The van der Waals surface area contributed by atoms with Gasteiger partial charge in [-0.1, -0.05) is 49.7 Å². The van der Waals surface area contributed by atoms with Crippen LogP contribution in [0.1, 0.15) is 31.9 Å². The van der Waals surface area contributed by atoms with Gasteiger partial charge in [0.25, 0.3) is 10.0 Å². The lowest BCUT2D eigenvalue weighted by molar-refractivity contribution is -0.120. The van der Waals surface area contributed by atoms with Gasteiger partial charge in [0.05, 0.1) is 10.6 Å². The number of aryl methyl sites for hydroxylation is 2. The summed E-state index contributed by atoms with van der Waals surface area (Å²) in [6.45, 7) is 9.39. The smallest absolute Gasteiger partial charge is 0.264 e. The Kier molecular flexibility index (Phi) is 6.65. The highest BCUT2D eigenvalue weighted by atomic mass is 32.2. The van der Waals surface area contributed by atoms with Crippen LogP contribution in [0.5, 0.6) is 0 Å². The Morgan fingerprint density at radius 2 is 1.59 bits per heavy atom. The van der Waals surface area contributed by atoms with E-state index in [4.69, 9.17) is 0 Å². The number of hydrogen-bond donors (Lipinski definition) is 1. The van der Waals surface area contributed by atoms with Crippen LogP contribution in [0.3, 0.4) is 0 Å². The van der Waals surface area contributed by atoms with Crippen LogP contribution in [0.25, 0.3) is 0 Å². The normalized spacial score (nSPS) is 12.7. The van der Waals surface area contributed by atoms with Crippen LogP contribution in [0.4, 0.5) is 5.69 Å². The summed E-state index contributed by atoms with van der Waals surface area (Å²) in [5, 5.41) is 2.89. The fourth-order valence-corrected chi connectivity index (χ4v) is 4.06. The molecule has 0 saturated carbocycles. The molecule has 0 radical (unpaired) electrons. The van der Waals surface area contributed by atoms with Crippen LogP contribution in [0, 0.1) is 19.8 Å². The Labute approximate surface area is 162 Å². The average molecular weight is 389 g/mol. The van der Waals surface area contributed by atoms with E-state index in [2.05, 4.69) is 5.32 Å². The molecule has 27 heavy (non-hydrogen) atoms. The highest BCUT2D eigenvalue weighted by Gasteiger charge is 2.28.